The number of rotatable bonds is 4. The van der Waals surface area contributed by atoms with Gasteiger partial charge in [0.1, 0.15) is 6.54 Å². The van der Waals surface area contributed by atoms with E-state index in [0.29, 0.717) is 12.8 Å². The largest absolute Gasteiger partial charge is 0.454 e. The Balaban J connectivity index is 1.83. The Labute approximate surface area is 132 Å². The number of ether oxygens (including phenoxy) is 1. The van der Waals surface area contributed by atoms with Crippen LogP contribution in [0.25, 0.3) is 0 Å². The molecule has 2 atom stereocenters. The predicted molar refractivity (Wildman–Crippen MR) is 75.7 cm³/mol. The molecular weight excluding hydrogens is 306 g/mol. The molecule has 1 saturated carbocycles. The zero-order valence-corrected chi connectivity index (χ0v) is 12.8. The zero-order valence-electron chi connectivity index (χ0n) is 12.8. The van der Waals surface area contributed by atoms with Crippen molar-refractivity contribution in [3.8, 4) is 0 Å². The van der Waals surface area contributed by atoms with Crippen LogP contribution >= 0.6 is 0 Å². The van der Waals surface area contributed by atoms with Crippen molar-refractivity contribution in [3.05, 3.63) is 0 Å². The highest BCUT2D eigenvalue weighted by Gasteiger charge is 2.48. The van der Waals surface area contributed by atoms with Gasteiger partial charge in [-0.25, -0.2) is 4.79 Å². The molecule has 0 radical (unpaired) electrons. The smallest absolute Gasteiger partial charge is 0.326 e. The average Bonchev–Trinajstić information content (AvgIpc) is 2.78. The van der Waals surface area contributed by atoms with Gasteiger partial charge >= 0.3 is 12.0 Å². The van der Waals surface area contributed by atoms with Crippen LogP contribution in [0.2, 0.25) is 0 Å². The predicted octanol–water partition coefficient (Wildman–Crippen LogP) is -0.840. The lowest BCUT2D eigenvalue weighted by Gasteiger charge is -2.19. The number of hydrogen-bond donors (Lipinski definition) is 2. The number of fused-ring (bicyclic) bond motifs is 1. The van der Waals surface area contributed by atoms with Crippen molar-refractivity contribution in [2.45, 2.75) is 25.7 Å². The molecule has 5 amide bonds. The third-order valence-electron chi connectivity index (χ3n) is 4.06. The number of nitrogens with zero attached hydrogens (tertiary/aromatic N) is 1. The van der Waals surface area contributed by atoms with E-state index in [1.807, 2.05) is 5.32 Å². The summed E-state index contributed by atoms with van der Waals surface area (Å²) in [5.74, 6) is -3.01. The van der Waals surface area contributed by atoms with Gasteiger partial charge in [-0.15, -0.1) is 0 Å². The van der Waals surface area contributed by atoms with Crippen molar-refractivity contribution in [1.82, 2.24) is 15.5 Å². The third kappa shape index (κ3) is 3.85. The highest BCUT2D eigenvalue weighted by Crippen LogP contribution is 2.37. The number of carbonyl (C=O) groups excluding carboxylic acids is 5. The van der Waals surface area contributed by atoms with Crippen LogP contribution in [0, 0.1) is 11.8 Å². The van der Waals surface area contributed by atoms with Gasteiger partial charge in [0.2, 0.25) is 11.8 Å². The molecule has 1 aliphatic carbocycles. The van der Waals surface area contributed by atoms with Gasteiger partial charge in [-0.1, -0.05) is 12.8 Å². The molecule has 23 heavy (non-hydrogen) atoms. The Morgan fingerprint density at radius 3 is 2.22 bits per heavy atom. The number of carbonyl (C=O) groups is 5. The fourth-order valence-electron chi connectivity index (χ4n) is 2.93. The normalized spacial score (nSPS) is 23.3. The van der Waals surface area contributed by atoms with E-state index in [1.165, 1.54) is 7.05 Å². The molecule has 0 aromatic rings. The van der Waals surface area contributed by atoms with Gasteiger partial charge in [0, 0.05) is 7.05 Å². The van der Waals surface area contributed by atoms with Crippen LogP contribution in [0.1, 0.15) is 25.7 Å². The Morgan fingerprint density at radius 1 is 1.13 bits per heavy atom. The number of imide groups is 2. The number of amides is 5. The quantitative estimate of drug-likeness (QED) is 0.513. The van der Waals surface area contributed by atoms with Crippen LogP contribution in [0.3, 0.4) is 0 Å². The summed E-state index contributed by atoms with van der Waals surface area (Å²) >= 11 is 0. The maximum absolute atomic E-state index is 12.2. The lowest BCUT2D eigenvalue weighted by molar-refractivity contribution is -0.154. The summed E-state index contributed by atoms with van der Waals surface area (Å²) in [6, 6.07) is -0.722. The molecule has 2 unspecified atom stereocenters. The van der Waals surface area contributed by atoms with Gasteiger partial charge in [0.25, 0.3) is 5.91 Å². The van der Waals surface area contributed by atoms with Crippen molar-refractivity contribution >= 4 is 29.7 Å². The van der Waals surface area contributed by atoms with Gasteiger partial charge in [0.05, 0.1) is 11.8 Å². The molecule has 1 saturated heterocycles. The first kappa shape index (κ1) is 16.9. The van der Waals surface area contributed by atoms with E-state index in [9.17, 15) is 24.0 Å². The monoisotopic (exact) mass is 325 g/mol. The summed E-state index contributed by atoms with van der Waals surface area (Å²) in [5, 5.41) is 4.10. The van der Waals surface area contributed by atoms with E-state index in [0.717, 1.165) is 17.7 Å². The van der Waals surface area contributed by atoms with Gasteiger partial charge in [0.15, 0.2) is 6.61 Å². The molecule has 1 aliphatic heterocycles. The van der Waals surface area contributed by atoms with Crippen LogP contribution in [0.4, 0.5) is 4.79 Å². The number of hydrogen-bond acceptors (Lipinski definition) is 6. The summed E-state index contributed by atoms with van der Waals surface area (Å²) in [7, 11) is 1.33. The second kappa shape index (κ2) is 7.21. The first-order valence-electron chi connectivity index (χ1n) is 7.46. The van der Waals surface area contributed by atoms with Crippen molar-refractivity contribution in [3.63, 3.8) is 0 Å². The van der Waals surface area contributed by atoms with Gasteiger partial charge < -0.3 is 10.1 Å². The lowest BCUT2D eigenvalue weighted by Crippen LogP contribution is -2.41. The molecule has 0 spiro atoms. The van der Waals surface area contributed by atoms with Crippen LogP contribution in [0.15, 0.2) is 0 Å². The van der Waals surface area contributed by atoms with E-state index in [2.05, 4.69) is 10.1 Å². The van der Waals surface area contributed by atoms with Gasteiger partial charge in [-0.2, -0.15) is 0 Å². The van der Waals surface area contributed by atoms with Crippen molar-refractivity contribution in [2.24, 2.45) is 11.8 Å². The molecule has 2 fully saturated rings. The Bertz CT molecular complexity index is 523. The Hall–Kier alpha value is -2.45. The molecule has 2 N–H and O–H groups in total. The topological polar surface area (TPSA) is 122 Å². The molecule has 9 nitrogen and oxygen atoms in total. The van der Waals surface area contributed by atoms with Crippen LogP contribution in [0.5, 0.6) is 0 Å². The maximum atomic E-state index is 12.2. The molecular formula is C14H19N3O6. The summed E-state index contributed by atoms with van der Waals surface area (Å²) in [5.41, 5.74) is 0. The first-order chi connectivity index (χ1) is 10.9. The summed E-state index contributed by atoms with van der Waals surface area (Å²) < 4.78 is 4.68. The number of esters is 1. The number of likely N-dealkylation sites (tertiary alicyclic amines) is 1. The Kier molecular flexibility index (Phi) is 5.30. The highest BCUT2D eigenvalue weighted by atomic mass is 16.5. The van der Waals surface area contributed by atoms with Crippen molar-refractivity contribution in [1.29, 1.82) is 0 Å². The molecule has 2 rings (SSSR count). The lowest BCUT2D eigenvalue weighted by atomic mass is 9.81. The molecule has 1 heterocycles. The molecule has 2 aliphatic rings. The second-order valence-corrected chi connectivity index (χ2v) is 5.55. The fraction of sp³-hybridized carbons (Fsp3) is 0.643. The molecule has 9 heteroatoms. The molecule has 0 aromatic heterocycles. The van der Waals surface area contributed by atoms with E-state index >= 15 is 0 Å². The molecule has 126 valence electrons. The second-order valence-electron chi connectivity index (χ2n) is 5.55. The van der Waals surface area contributed by atoms with Crippen LogP contribution in [-0.2, 0) is 23.9 Å². The van der Waals surface area contributed by atoms with E-state index in [-0.39, 0.29) is 23.7 Å². The summed E-state index contributed by atoms with van der Waals surface area (Å²) in [6.07, 6.45) is 3.13. The fourth-order valence-corrected chi connectivity index (χ4v) is 2.93. The van der Waals surface area contributed by atoms with E-state index in [4.69, 9.17) is 0 Å². The first-order valence-corrected chi connectivity index (χ1v) is 7.46. The minimum Gasteiger partial charge on any atom is -0.454 e. The number of urea groups is 1. The van der Waals surface area contributed by atoms with Gasteiger partial charge in [-0.05, 0) is 12.8 Å². The van der Waals surface area contributed by atoms with Crippen molar-refractivity contribution < 1.29 is 28.7 Å². The molecule has 0 bridgehead atoms. The van der Waals surface area contributed by atoms with E-state index < -0.39 is 31.1 Å². The van der Waals surface area contributed by atoms with Crippen molar-refractivity contribution in [2.75, 3.05) is 20.2 Å². The average molecular weight is 325 g/mol. The third-order valence-corrected chi connectivity index (χ3v) is 4.06. The molecule has 0 aromatic carbocycles. The maximum Gasteiger partial charge on any atom is 0.326 e. The highest BCUT2D eigenvalue weighted by molar-refractivity contribution is 6.07. The van der Waals surface area contributed by atoms with Crippen LogP contribution < -0.4 is 10.6 Å². The SMILES string of the molecule is CNC(=O)NC(=O)COC(=O)CN1C(=O)C2CCCCC2C1=O. The number of nitrogens with one attached hydrogen (secondary N) is 2. The Morgan fingerprint density at radius 2 is 1.70 bits per heavy atom. The minimum absolute atomic E-state index is 0.333. The van der Waals surface area contributed by atoms with Gasteiger partial charge in [-0.3, -0.25) is 29.4 Å². The zero-order chi connectivity index (χ0) is 17.0. The standard InChI is InChI=1S/C14H19N3O6/c1-15-14(22)16-10(18)7-23-11(19)6-17-12(20)8-4-2-3-5-9(8)13(17)21/h8-9H,2-7H2,1H3,(H2,15,16,18,22). The summed E-state index contributed by atoms with van der Waals surface area (Å²) in [6.45, 7) is -1.16. The summed E-state index contributed by atoms with van der Waals surface area (Å²) in [4.78, 5) is 59.2. The minimum atomic E-state index is -0.864. The van der Waals surface area contributed by atoms with E-state index in [1.54, 1.807) is 0 Å². The van der Waals surface area contributed by atoms with Crippen LogP contribution in [-0.4, -0.2) is 54.8 Å².